The fourth-order valence-electron chi connectivity index (χ4n) is 1.91. The summed E-state index contributed by atoms with van der Waals surface area (Å²) in [6.45, 7) is 0.336. The molecule has 7 heteroatoms. The topological polar surface area (TPSA) is 69.6 Å². The minimum absolute atomic E-state index is 0.176. The maximum absolute atomic E-state index is 13.8. The molecule has 1 unspecified atom stereocenters. The number of hydrogen-bond donors (Lipinski definition) is 1. The van der Waals surface area contributed by atoms with E-state index >= 15 is 0 Å². The van der Waals surface area contributed by atoms with Gasteiger partial charge in [0.2, 0.25) is 5.16 Å². The number of tetrazole rings is 1. The molecule has 0 saturated heterocycles. The van der Waals surface area contributed by atoms with Crippen molar-refractivity contribution in [1.82, 2.24) is 20.2 Å². The van der Waals surface area contributed by atoms with Crippen LogP contribution < -0.4 is 5.73 Å². The Hall–Kier alpha value is -1.47. The summed E-state index contributed by atoms with van der Waals surface area (Å²) >= 11 is 1.42. The molecule has 2 aromatic rings. The molecule has 0 amide bonds. The van der Waals surface area contributed by atoms with Gasteiger partial charge in [0.05, 0.1) is 11.3 Å². The molecule has 1 aliphatic carbocycles. The average molecular weight is 279 g/mol. The van der Waals surface area contributed by atoms with Crippen LogP contribution in [0.4, 0.5) is 4.39 Å². The van der Waals surface area contributed by atoms with Crippen molar-refractivity contribution in [3.05, 3.63) is 35.6 Å². The van der Waals surface area contributed by atoms with E-state index in [1.54, 1.807) is 12.1 Å². The van der Waals surface area contributed by atoms with Gasteiger partial charge >= 0.3 is 0 Å². The van der Waals surface area contributed by atoms with Crippen LogP contribution in [-0.2, 0) is 0 Å². The second kappa shape index (κ2) is 5.26. The zero-order chi connectivity index (χ0) is 13.2. The fraction of sp³-hybridized carbons (Fsp3) is 0.417. The maximum atomic E-state index is 13.8. The van der Waals surface area contributed by atoms with Crippen molar-refractivity contribution in [2.75, 3.05) is 6.54 Å². The Morgan fingerprint density at radius 3 is 2.89 bits per heavy atom. The van der Waals surface area contributed by atoms with Crippen molar-refractivity contribution in [2.45, 2.75) is 29.3 Å². The lowest BCUT2D eigenvalue weighted by atomic mass is 10.1. The Morgan fingerprint density at radius 2 is 2.21 bits per heavy atom. The summed E-state index contributed by atoms with van der Waals surface area (Å²) in [4.78, 5) is 0. The van der Waals surface area contributed by atoms with Crippen LogP contribution in [0, 0.1) is 5.82 Å². The van der Waals surface area contributed by atoms with Crippen molar-refractivity contribution >= 4 is 11.8 Å². The molecule has 0 bridgehead atoms. The first kappa shape index (κ1) is 12.6. The number of rotatable bonds is 5. The van der Waals surface area contributed by atoms with Crippen molar-refractivity contribution in [3.63, 3.8) is 0 Å². The summed E-state index contributed by atoms with van der Waals surface area (Å²) in [5.41, 5.74) is 6.36. The van der Waals surface area contributed by atoms with E-state index in [0.29, 0.717) is 23.3 Å². The Labute approximate surface area is 114 Å². The molecule has 1 fully saturated rings. The molecule has 1 aliphatic rings. The van der Waals surface area contributed by atoms with Gasteiger partial charge < -0.3 is 5.73 Å². The number of hydrogen-bond acceptors (Lipinski definition) is 5. The highest BCUT2D eigenvalue weighted by atomic mass is 32.2. The molecule has 0 radical (unpaired) electrons. The van der Waals surface area contributed by atoms with Crippen LogP contribution in [0.15, 0.2) is 29.4 Å². The third-order valence-electron chi connectivity index (χ3n) is 3.07. The first-order chi connectivity index (χ1) is 9.29. The second-order valence-electron chi connectivity index (χ2n) is 4.50. The van der Waals surface area contributed by atoms with E-state index in [9.17, 15) is 4.39 Å². The number of nitrogens with zero attached hydrogens (tertiary/aromatic N) is 4. The van der Waals surface area contributed by atoms with Crippen LogP contribution in [0.25, 0.3) is 0 Å². The Kier molecular flexibility index (Phi) is 3.48. The smallest absolute Gasteiger partial charge is 0.210 e. The third-order valence-corrected chi connectivity index (χ3v) is 4.28. The lowest BCUT2D eigenvalue weighted by Gasteiger charge is -2.14. The van der Waals surface area contributed by atoms with Gasteiger partial charge in [-0.1, -0.05) is 30.0 Å². The van der Waals surface area contributed by atoms with Crippen molar-refractivity contribution in [1.29, 1.82) is 0 Å². The van der Waals surface area contributed by atoms with Gasteiger partial charge in [0, 0.05) is 12.1 Å². The molecule has 1 atom stereocenters. The molecule has 5 nitrogen and oxygen atoms in total. The summed E-state index contributed by atoms with van der Waals surface area (Å²) < 4.78 is 15.6. The molecular weight excluding hydrogens is 265 g/mol. The zero-order valence-corrected chi connectivity index (χ0v) is 11.1. The van der Waals surface area contributed by atoms with Crippen LogP contribution in [0.1, 0.15) is 29.7 Å². The average Bonchev–Trinajstić information content (AvgIpc) is 3.17. The maximum Gasteiger partial charge on any atom is 0.210 e. The van der Waals surface area contributed by atoms with Crippen molar-refractivity contribution < 1.29 is 4.39 Å². The molecule has 1 aromatic heterocycles. The van der Waals surface area contributed by atoms with E-state index in [0.717, 1.165) is 12.8 Å². The predicted molar refractivity (Wildman–Crippen MR) is 70.1 cm³/mol. The van der Waals surface area contributed by atoms with Crippen LogP contribution in [-0.4, -0.2) is 26.8 Å². The molecule has 2 N–H and O–H groups in total. The van der Waals surface area contributed by atoms with Crippen molar-refractivity contribution in [2.24, 2.45) is 5.73 Å². The molecule has 0 spiro atoms. The molecule has 0 aliphatic heterocycles. The Balaban J connectivity index is 1.83. The largest absolute Gasteiger partial charge is 0.329 e. The second-order valence-corrected chi connectivity index (χ2v) is 5.67. The molecule has 100 valence electrons. The van der Waals surface area contributed by atoms with Gasteiger partial charge in [-0.2, -0.15) is 0 Å². The predicted octanol–water partition coefficient (Wildman–Crippen LogP) is 1.94. The first-order valence-corrected chi connectivity index (χ1v) is 7.06. The van der Waals surface area contributed by atoms with E-state index in [1.807, 2.05) is 10.7 Å². The quantitative estimate of drug-likeness (QED) is 0.847. The van der Waals surface area contributed by atoms with Gasteiger partial charge in [-0.05, 0) is 29.3 Å². The summed E-state index contributed by atoms with van der Waals surface area (Å²) in [5, 5.41) is 12.2. The number of thioether (sulfide) groups is 1. The number of benzene rings is 1. The minimum atomic E-state index is -0.240. The Bertz CT molecular complexity index is 569. The Morgan fingerprint density at radius 1 is 1.42 bits per heavy atom. The van der Waals surface area contributed by atoms with Crippen molar-refractivity contribution in [3.8, 4) is 0 Å². The number of nitrogens with two attached hydrogens (primary N) is 1. The summed E-state index contributed by atoms with van der Waals surface area (Å²) in [7, 11) is 0. The first-order valence-electron chi connectivity index (χ1n) is 6.18. The van der Waals surface area contributed by atoms with Gasteiger partial charge in [-0.25, -0.2) is 9.07 Å². The van der Waals surface area contributed by atoms with Gasteiger partial charge in [0.25, 0.3) is 0 Å². The van der Waals surface area contributed by atoms with E-state index in [4.69, 9.17) is 5.73 Å². The highest BCUT2D eigenvalue weighted by Gasteiger charge is 2.29. The summed E-state index contributed by atoms with van der Waals surface area (Å²) in [6, 6.07) is 7.08. The minimum Gasteiger partial charge on any atom is -0.329 e. The highest BCUT2D eigenvalue weighted by Crippen LogP contribution is 2.40. The SMILES string of the molecule is NCC(Sc1nnnn1C1CC1)c1ccccc1F. The molecule has 1 saturated carbocycles. The van der Waals surface area contributed by atoms with Gasteiger partial charge in [0.1, 0.15) is 5.82 Å². The monoisotopic (exact) mass is 279 g/mol. The lowest BCUT2D eigenvalue weighted by Crippen LogP contribution is -2.12. The normalized spacial score (nSPS) is 16.5. The molecule has 1 heterocycles. The number of halogens is 1. The van der Waals surface area contributed by atoms with Crippen LogP contribution in [0.2, 0.25) is 0 Å². The molecule has 1 aromatic carbocycles. The molecular formula is C12H14FN5S. The standard InChI is InChI=1S/C12H14FN5S/c13-10-4-2-1-3-9(10)11(7-14)19-12-15-16-17-18(12)8-5-6-8/h1-4,8,11H,5-7,14H2. The summed E-state index contributed by atoms with van der Waals surface area (Å²) in [5.74, 6) is -0.240. The van der Waals surface area contributed by atoms with Crippen LogP contribution in [0.5, 0.6) is 0 Å². The van der Waals surface area contributed by atoms with Gasteiger partial charge in [0.15, 0.2) is 0 Å². The highest BCUT2D eigenvalue weighted by molar-refractivity contribution is 7.99. The fourth-order valence-corrected chi connectivity index (χ4v) is 2.96. The van der Waals surface area contributed by atoms with Crippen LogP contribution in [0.3, 0.4) is 0 Å². The van der Waals surface area contributed by atoms with E-state index < -0.39 is 0 Å². The lowest BCUT2D eigenvalue weighted by molar-refractivity contribution is 0.564. The molecule has 3 rings (SSSR count). The van der Waals surface area contributed by atoms with E-state index in [-0.39, 0.29) is 11.1 Å². The van der Waals surface area contributed by atoms with Crippen LogP contribution >= 0.6 is 11.8 Å². The number of aromatic nitrogens is 4. The summed E-state index contributed by atoms with van der Waals surface area (Å²) in [6.07, 6.45) is 2.21. The van der Waals surface area contributed by atoms with E-state index in [2.05, 4.69) is 15.5 Å². The van der Waals surface area contributed by atoms with E-state index in [1.165, 1.54) is 17.8 Å². The zero-order valence-electron chi connectivity index (χ0n) is 10.2. The van der Waals surface area contributed by atoms with Gasteiger partial charge in [-0.15, -0.1) is 5.10 Å². The third kappa shape index (κ3) is 2.62. The molecule has 19 heavy (non-hydrogen) atoms. The van der Waals surface area contributed by atoms with Gasteiger partial charge in [-0.3, -0.25) is 0 Å².